The number of benzene rings is 1. The van der Waals surface area contributed by atoms with Crippen LogP contribution in [0.1, 0.15) is 19.4 Å². The van der Waals surface area contributed by atoms with E-state index < -0.39 is 0 Å². The van der Waals surface area contributed by atoms with E-state index in [-0.39, 0.29) is 12.3 Å². The highest BCUT2D eigenvalue weighted by molar-refractivity contribution is 6.23. The van der Waals surface area contributed by atoms with Gasteiger partial charge in [0.25, 0.3) is 0 Å². The second-order valence-corrected chi connectivity index (χ2v) is 5.31. The maximum Gasteiger partial charge on any atom is 0.158 e. The van der Waals surface area contributed by atoms with Crippen LogP contribution in [0.15, 0.2) is 53.0 Å². The Labute approximate surface area is 133 Å². The lowest BCUT2D eigenvalue weighted by Gasteiger charge is -2.14. The van der Waals surface area contributed by atoms with Crippen molar-refractivity contribution in [2.24, 2.45) is 10.1 Å². The minimum absolute atomic E-state index is 0.0238. The van der Waals surface area contributed by atoms with E-state index in [9.17, 15) is 4.79 Å². The molecule has 0 saturated carbocycles. The first-order valence-corrected chi connectivity index (χ1v) is 7.24. The molecule has 3 rings (SSSR count). The standard InChI is InChI=1S/C17H17N5O/c1-4-18-17-14(8-21-22(17)9-11(2)23)12(3)13-5-6-15-16(7-13)20-10-19-15/h4-8,10H,1,9H2,2-3H3,(H,19,20)/b14-12+,18-17+. The van der Waals surface area contributed by atoms with Crippen LogP contribution in [0.3, 0.4) is 0 Å². The van der Waals surface area contributed by atoms with Crippen molar-refractivity contribution in [3.63, 3.8) is 0 Å². The van der Waals surface area contributed by atoms with Crippen molar-refractivity contribution in [2.45, 2.75) is 13.8 Å². The average Bonchev–Trinajstić information content (AvgIpc) is 3.13. The van der Waals surface area contributed by atoms with Crippen LogP contribution in [0.25, 0.3) is 16.6 Å². The predicted octanol–water partition coefficient (Wildman–Crippen LogP) is 2.77. The molecule has 0 radical (unpaired) electrons. The molecule has 0 bridgehead atoms. The fraction of sp³-hybridized carbons (Fsp3) is 0.176. The number of imidazole rings is 1. The van der Waals surface area contributed by atoms with E-state index in [0.717, 1.165) is 27.7 Å². The van der Waals surface area contributed by atoms with Crippen molar-refractivity contribution in [2.75, 3.05) is 6.54 Å². The number of amidine groups is 1. The van der Waals surface area contributed by atoms with Gasteiger partial charge in [0.15, 0.2) is 11.6 Å². The van der Waals surface area contributed by atoms with Gasteiger partial charge in [0.2, 0.25) is 0 Å². The predicted molar refractivity (Wildman–Crippen MR) is 92.2 cm³/mol. The molecule has 1 aromatic carbocycles. The smallest absolute Gasteiger partial charge is 0.158 e. The monoisotopic (exact) mass is 307 g/mol. The van der Waals surface area contributed by atoms with E-state index in [2.05, 4.69) is 26.6 Å². The number of aromatic amines is 1. The molecule has 0 atom stereocenters. The number of ketones is 1. The van der Waals surface area contributed by atoms with Gasteiger partial charge in [-0.2, -0.15) is 5.10 Å². The first kappa shape index (κ1) is 14.9. The van der Waals surface area contributed by atoms with Crippen molar-refractivity contribution < 1.29 is 4.79 Å². The average molecular weight is 307 g/mol. The van der Waals surface area contributed by atoms with E-state index in [1.54, 1.807) is 17.6 Å². The number of nitrogens with one attached hydrogen (secondary N) is 1. The number of nitrogens with zero attached hydrogens (tertiary/aromatic N) is 4. The first-order chi connectivity index (χ1) is 11.1. The fourth-order valence-corrected chi connectivity index (χ4v) is 2.51. The number of H-pyrrole nitrogens is 1. The Bertz CT molecular complexity index is 872. The molecule has 23 heavy (non-hydrogen) atoms. The summed E-state index contributed by atoms with van der Waals surface area (Å²) in [5.41, 5.74) is 4.82. The third-order valence-corrected chi connectivity index (χ3v) is 3.66. The molecule has 0 saturated heterocycles. The summed E-state index contributed by atoms with van der Waals surface area (Å²) in [6.07, 6.45) is 4.86. The van der Waals surface area contributed by atoms with Gasteiger partial charge in [-0.05, 0) is 37.1 Å². The number of hydrazone groups is 1. The van der Waals surface area contributed by atoms with Gasteiger partial charge < -0.3 is 4.98 Å². The van der Waals surface area contributed by atoms with E-state index in [1.807, 2.05) is 25.1 Å². The number of allylic oxidation sites excluding steroid dienone is 1. The molecule has 2 heterocycles. The molecule has 0 fully saturated rings. The van der Waals surface area contributed by atoms with Gasteiger partial charge in [-0.1, -0.05) is 12.6 Å². The molecule has 0 aliphatic carbocycles. The van der Waals surface area contributed by atoms with Crippen molar-refractivity contribution in [1.82, 2.24) is 15.0 Å². The lowest BCUT2D eigenvalue weighted by molar-refractivity contribution is -0.117. The molecule has 6 heteroatoms. The van der Waals surface area contributed by atoms with E-state index >= 15 is 0 Å². The molecule has 0 unspecified atom stereocenters. The normalized spacial score (nSPS) is 18.0. The molecule has 116 valence electrons. The zero-order chi connectivity index (χ0) is 16.4. The zero-order valence-electron chi connectivity index (χ0n) is 13.1. The second kappa shape index (κ2) is 6.00. The number of Topliss-reactive ketones (excluding diaryl/α,β-unsaturated/α-hetero) is 1. The van der Waals surface area contributed by atoms with E-state index in [1.165, 1.54) is 13.1 Å². The summed E-state index contributed by atoms with van der Waals surface area (Å²) in [4.78, 5) is 23.0. The Hall–Kier alpha value is -3.02. The molecule has 1 aliphatic rings. The molecular formula is C17H17N5O. The number of fused-ring (bicyclic) bond motifs is 1. The lowest BCUT2D eigenvalue weighted by atomic mass is 10.0. The summed E-state index contributed by atoms with van der Waals surface area (Å²) in [6, 6.07) is 6.03. The number of hydrogen-bond acceptors (Lipinski definition) is 4. The van der Waals surface area contributed by atoms with Gasteiger partial charge in [0, 0.05) is 11.8 Å². The molecule has 1 aromatic heterocycles. The molecule has 6 nitrogen and oxygen atoms in total. The molecule has 2 aromatic rings. The fourth-order valence-electron chi connectivity index (χ4n) is 2.51. The zero-order valence-corrected chi connectivity index (χ0v) is 13.1. The summed E-state index contributed by atoms with van der Waals surface area (Å²) < 4.78 is 0. The van der Waals surface area contributed by atoms with Gasteiger partial charge in [-0.15, -0.1) is 0 Å². The second-order valence-electron chi connectivity index (χ2n) is 5.31. The van der Waals surface area contributed by atoms with Crippen LogP contribution >= 0.6 is 0 Å². The highest BCUT2D eigenvalue weighted by Gasteiger charge is 2.23. The van der Waals surface area contributed by atoms with Gasteiger partial charge >= 0.3 is 0 Å². The van der Waals surface area contributed by atoms with Crippen molar-refractivity contribution in [3.05, 3.63) is 48.4 Å². The van der Waals surface area contributed by atoms with Gasteiger partial charge in [0.1, 0.15) is 6.54 Å². The number of aliphatic imine (C=N–C) groups is 1. The van der Waals surface area contributed by atoms with Crippen LogP contribution in [-0.4, -0.2) is 39.4 Å². The Kier molecular flexibility index (Phi) is 3.89. The molecular weight excluding hydrogens is 290 g/mol. The van der Waals surface area contributed by atoms with Crippen LogP contribution in [0.5, 0.6) is 0 Å². The highest BCUT2D eigenvalue weighted by Crippen LogP contribution is 2.25. The molecule has 0 spiro atoms. The van der Waals surface area contributed by atoms with Gasteiger partial charge in [-0.25, -0.2) is 15.0 Å². The Morgan fingerprint density at radius 2 is 2.26 bits per heavy atom. The maximum absolute atomic E-state index is 11.4. The molecule has 0 amide bonds. The van der Waals surface area contributed by atoms with Crippen LogP contribution in [0.2, 0.25) is 0 Å². The topological polar surface area (TPSA) is 73.7 Å². The Morgan fingerprint density at radius 1 is 1.43 bits per heavy atom. The molecule has 1 N–H and O–H groups in total. The van der Waals surface area contributed by atoms with Crippen LogP contribution in [0.4, 0.5) is 0 Å². The molecule has 1 aliphatic heterocycles. The van der Waals surface area contributed by atoms with E-state index in [0.29, 0.717) is 5.84 Å². The third kappa shape index (κ3) is 2.83. The van der Waals surface area contributed by atoms with Crippen molar-refractivity contribution in [1.29, 1.82) is 0 Å². The Balaban J connectivity index is 2.04. The number of aromatic nitrogens is 2. The summed E-state index contributed by atoms with van der Waals surface area (Å²) >= 11 is 0. The summed E-state index contributed by atoms with van der Waals surface area (Å²) in [5.74, 6) is 0.658. The number of hydrogen-bond donors (Lipinski definition) is 1. The number of rotatable bonds is 4. The summed E-state index contributed by atoms with van der Waals surface area (Å²) in [5, 5.41) is 5.88. The van der Waals surface area contributed by atoms with Gasteiger partial charge in [0.05, 0.1) is 23.6 Å². The third-order valence-electron chi connectivity index (χ3n) is 3.66. The van der Waals surface area contributed by atoms with Crippen molar-refractivity contribution >= 4 is 34.4 Å². The lowest BCUT2D eigenvalue weighted by Crippen LogP contribution is -2.27. The Morgan fingerprint density at radius 3 is 3.00 bits per heavy atom. The van der Waals surface area contributed by atoms with Gasteiger partial charge in [-0.3, -0.25) is 4.79 Å². The quantitative estimate of drug-likeness (QED) is 0.944. The van der Waals surface area contributed by atoms with Crippen LogP contribution in [0, 0.1) is 0 Å². The van der Waals surface area contributed by atoms with Crippen LogP contribution < -0.4 is 0 Å². The maximum atomic E-state index is 11.4. The largest absolute Gasteiger partial charge is 0.345 e. The van der Waals surface area contributed by atoms with E-state index in [4.69, 9.17) is 0 Å². The minimum Gasteiger partial charge on any atom is -0.345 e. The SMILES string of the molecule is C=C/N=C1\C(=C(/C)c2ccc3[nH]cnc3c2)C=NN1CC(C)=O. The minimum atomic E-state index is 0.0238. The highest BCUT2D eigenvalue weighted by atomic mass is 16.1. The summed E-state index contributed by atoms with van der Waals surface area (Å²) in [7, 11) is 0. The first-order valence-electron chi connectivity index (χ1n) is 7.24. The summed E-state index contributed by atoms with van der Waals surface area (Å²) in [6.45, 7) is 7.37. The van der Waals surface area contributed by atoms with Crippen LogP contribution in [-0.2, 0) is 4.79 Å². The van der Waals surface area contributed by atoms with Crippen molar-refractivity contribution in [3.8, 4) is 0 Å². The number of carbonyl (C=O) groups is 1. The number of carbonyl (C=O) groups excluding carboxylic acids is 1.